The van der Waals surface area contributed by atoms with Crippen molar-refractivity contribution in [1.82, 2.24) is 15.0 Å². The average molecular weight is 218 g/mol. The topological polar surface area (TPSA) is 76.9 Å². The average Bonchev–Trinajstić information content (AvgIpc) is 2.32. The van der Waals surface area contributed by atoms with Gasteiger partial charge in [0.25, 0.3) is 0 Å². The maximum atomic E-state index is 11.0. The molecular weight excluding hydrogens is 204 g/mol. The van der Waals surface area contributed by atoms with Crippen molar-refractivity contribution in [3.63, 3.8) is 0 Å². The van der Waals surface area contributed by atoms with Crippen molar-refractivity contribution in [1.29, 1.82) is 0 Å². The van der Waals surface area contributed by atoms with Crippen LogP contribution in [0.4, 0.5) is 5.82 Å². The third-order valence-electron chi connectivity index (χ3n) is 1.66. The van der Waals surface area contributed by atoms with Gasteiger partial charge in [0.05, 0.1) is 11.9 Å². The Morgan fingerprint density at radius 2 is 2.29 bits per heavy atom. The molecule has 0 aliphatic carbocycles. The molecule has 0 saturated carbocycles. The van der Waals surface area contributed by atoms with Crippen molar-refractivity contribution in [2.45, 2.75) is 13.0 Å². The molecule has 1 atom stereocenters. The van der Waals surface area contributed by atoms with Gasteiger partial charge >= 0.3 is 0 Å². The van der Waals surface area contributed by atoms with Gasteiger partial charge in [0.2, 0.25) is 0 Å². The molecule has 1 aromatic heterocycles. The molecule has 6 nitrogen and oxygen atoms in total. The van der Waals surface area contributed by atoms with Gasteiger partial charge in [0.15, 0.2) is 0 Å². The molecule has 80 valence electrons. The minimum absolute atomic E-state index is 0.0954. The van der Waals surface area contributed by atoms with Gasteiger partial charge < -0.3 is 5.32 Å². The maximum Gasteiger partial charge on any atom is 0.149 e. The van der Waals surface area contributed by atoms with Gasteiger partial charge in [-0.05, 0) is 6.92 Å². The van der Waals surface area contributed by atoms with Gasteiger partial charge in [0, 0.05) is 19.3 Å². The summed E-state index contributed by atoms with van der Waals surface area (Å²) in [5.41, 5.74) is 0. The van der Waals surface area contributed by atoms with Crippen LogP contribution in [-0.2, 0) is 16.9 Å². The molecule has 0 amide bonds. The summed E-state index contributed by atoms with van der Waals surface area (Å²) < 4.78 is 23.5. The normalized spacial score (nSPS) is 13.9. The molecule has 0 fully saturated rings. The molecule has 0 aliphatic rings. The van der Waals surface area contributed by atoms with E-state index in [-0.39, 0.29) is 11.8 Å². The molecule has 0 aliphatic heterocycles. The predicted octanol–water partition coefficient (Wildman–Crippen LogP) is -0.340. The smallest absolute Gasteiger partial charge is 0.149 e. The largest absolute Gasteiger partial charge is 0.365 e. The van der Waals surface area contributed by atoms with Crippen LogP contribution in [0.25, 0.3) is 0 Å². The summed E-state index contributed by atoms with van der Waals surface area (Å²) in [6.07, 6.45) is 2.77. The minimum atomic E-state index is -2.95. The maximum absolute atomic E-state index is 11.0. The number of hydrogen-bond acceptors (Lipinski definition) is 5. The summed E-state index contributed by atoms with van der Waals surface area (Å²) in [6, 6.07) is -0.151. The van der Waals surface area contributed by atoms with Crippen LogP contribution in [0.2, 0.25) is 0 Å². The van der Waals surface area contributed by atoms with Gasteiger partial charge in [-0.2, -0.15) is 0 Å². The van der Waals surface area contributed by atoms with E-state index in [1.54, 1.807) is 24.9 Å². The number of sulfone groups is 1. The molecule has 0 saturated heterocycles. The van der Waals surface area contributed by atoms with E-state index in [1.807, 2.05) is 0 Å². The van der Waals surface area contributed by atoms with Crippen LogP contribution in [0.3, 0.4) is 0 Å². The monoisotopic (exact) mass is 218 g/mol. The SMILES string of the molecule is CC(CS(C)(=O)=O)Nc1cnnn1C. The molecule has 1 N–H and O–H groups in total. The molecule has 1 aromatic rings. The van der Waals surface area contributed by atoms with E-state index in [0.717, 1.165) is 0 Å². The lowest BCUT2D eigenvalue weighted by Gasteiger charge is -2.12. The Morgan fingerprint density at radius 1 is 1.64 bits per heavy atom. The fourth-order valence-corrected chi connectivity index (χ4v) is 2.16. The van der Waals surface area contributed by atoms with E-state index in [1.165, 1.54) is 6.26 Å². The van der Waals surface area contributed by atoms with Gasteiger partial charge in [-0.3, -0.25) is 0 Å². The Bertz CT molecular complexity index is 398. The zero-order valence-electron chi connectivity index (χ0n) is 8.43. The summed E-state index contributed by atoms with van der Waals surface area (Å²) in [7, 11) is -1.21. The first-order valence-corrected chi connectivity index (χ1v) is 6.23. The molecule has 0 spiro atoms. The second kappa shape index (κ2) is 3.95. The van der Waals surface area contributed by atoms with E-state index >= 15 is 0 Å². The molecule has 0 radical (unpaired) electrons. The third-order valence-corrected chi connectivity index (χ3v) is 2.77. The highest BCUT2D eigenvalue weighted by atomic mass is 32.2. The first-order chi connectivity index (χ1) is 6.38. The molecular formula is C7H14N4O2S. The van der Waals surface area contributed by atoms with E-state index in [0.29, 0.717) is 5.82 Å². The van der Waals surface area contributed by atoms with Crippen LogP contribution in [0.15, 0.2) is 6.20 Å². The number of rotatable bonds is 4. The highest BCUT2D eigenvalue weighted by Gasteiger charge is 2.11. The van der Waals surface area contributed by atoms with Crippen LogP contribution in [0, 0.1) is 0 Å². The van der Waals surface area contributed by atoms with Crippen LogP contribution in [0.1, 0.15) is 6.92 Å². The Balaban J connectivity index is 2.58. The van der Waals surface area contributed by atoms with Crippen LogP contribution < -0.4 is 5.32 Å². The zero-order valence-corrected chi connectivity index (χ0v) is 9.24. The summed E-state index contributed by atoms with van der Waals surface area (Å²) in [5.74, 6) is 0.805. The molecule has 1 rings (SSSR count). The summed E-state index contributed by atoms with van der Waals surface area (Å²) >= 11 is 0. The fourth-order valence-electron chi connectivity index (χ4n) is 1.17. The molecule has 0 bridgehead atoms. The lowest BCUT2D eigenvalue weighted by atomic mass is 10.4. The minimum Gasteiger partial charge on any atom is -0.365 e. The molecule has 7 heteroatoms. The Morgan fingerprint density at radius 3 is 2.71 bits per heavy atom. The first-order valence-electron chi connectivity index (χ1n) is 4.17. The van der Waals surface area contributed by atoms with Gasteiger partial charge in [-0.25, -0.2) is 13.1 Å². The number of anilines is 1. The highest BCUT2D eigenvalue weighted by Crippen LogP contribution is 2.04. The highest BCUT2D eigenvalue weighted by molar-refractivity contribution is 7.90. The molecule has 1 heterocycles. The van der Waals surface area contributed by atoms with E-state index in [4.69, 9.17) is 0 Å². The standard InChI is InChI=1S/C7H14N4O2S/c1-6(5-14(3,12)13)9-7-4-8-10-11(7)2/h4,6,9H,5H2,1-3H3. The number of aromatic nitrogens is 3. The first kappa shape index (κ1) is 11.0. The number of hydrogen-bond donors (Lipinski definition) is 1. The van der Waals surface area contributed by atoms with Crippen LogP contribution in [-0.4, -0.2) is 41.5 Å². The van der Waals surface area contributed by atoms with Gasteiger partial charge in [-0.15, -0.1) is 5.10 Å². The van der Waals surface area contributed by atoms with E-state index < -0.39 is 9.84 Å². The summed E-state index contributed by atoms with van der Waals surface area (Å²) in [4.78, 5) is 0. The Hall–Kier alpha value is -1.11. The van der Waals surface area contributed by atoms with Crippen LogP contribution in [0.5, 0.6) is 0 Å². The lowest BCUT2D eigenvalue weighted by molar-refractivity contribution is 0.597. The lowest BCUT2D eigenvalue weighted by Crippen LogP contribution is -2.26. The van der Waals surface area contributed by atoms with Crippen molar-refractivity contribution < 1.29 is 8.42 Å². The zero-order chi connectivity index (χ0) is 10.8. The van der Waals surface area contributed by atoms with Gasteiger partial charge in [0.1, 0.15) is 15.7 Å². The van der Waals surface area contributed by atoms with Crippen molar-refractivity contribution >= 4 is 15.7 Å². The fraction of sp³-hybridized carbons (Fsp3) is 0.714. The van der Waals surface area contributed by atoms with E-state index in [9.17, 15) is 8.42 Å². The molecule has 0 aromatic carbocycles. The Labute approximate surface area is 83.2 Å². The van der Waals surface area contributed by atoms with Crippen molar-refractivity contribution in [3.05, 3.63) is 6.20 Å². The number of aryl methyl sites for hydroxylation is 1. The predicted molar refractivity (Wildman–Crippen MR) is 53.8 cm³/mol. The quantitative estimate of drug-likeness (QED) is 0.748. The van der Waals surface area contributed by atoms with Crippen molar-refractivity contribution in [3.8, 4) is 0 Å². The van der Waals surface area contributed by atoms with Crippen LogP contribution >= 0.6 is 0 Å². The second-order valence-corrected chi connectivity index (χ2v) is 5.57. The number of nitrogens with zero attached hydrogens (tertiary/aromatic N) is 3. The van der Waals surface area contributed by atoms with Gasteiger partial charge in [-0.1, -0.05) is 5.21 Å². The molecule has 1 unspecified atom stereocenters. The van der Waals surface area contributed by atoms with Crippen molar-refractivity contribution in [2.75, 3.05) is 17.3 Å². The number of nitrogens with one attached hydrogen (secondary N) is 1. The summed E-state index contributed by atoms with van der Waals surface area (Å²) in [5, 5.41) is 10.4. The second-order valence-electron chi connectivity index (χ2n) is 3.38. The van der Waals surface area contributed by atoms with Crippen molar-refractivity contribution in [2.24, 2.45) is 7.05 Å². The summed E-state index contributed by atoms with van der Waals surface area (Å²) in [6.45, 7) is 1.80. The Kier molecular flexibility index (Phi) is 3.10. The van der Waals surface area contributed by atoms with E-state index in [2.05, 4.69) is 15.6 Å². The third kappa shape index (κ3) is 3.33. The molecule has 14 heavy (non-hydrogen) atoms.